The number of rotatable bonds is 6. The maximum Gasteiger partial charge on any atom is 0.196 e. The lowest BCUT2D eigenvalue weighted by molar-refractivity contribution is 0.103. The minimum absolute atomic E-state index is 0.0322. The van der Waals surface area contributed by atoms with Crippen LogP contribution in [0.3, 0.4) is 0 Å². The first-order valence-corrected chi connectivity index (χ1v) is 7.47. The average Bonchev–Trinajstić information content (AvgIpc) is 3.04. The standard InChI is InChI=1S/C17H18N4O/c1-2-3-9-18-15-13(10-19-17-14(15)11-20-21-17)16(22)12-7-5-4-6-8-12/h4-8,10-11H,2-3,9H2,1H3,(H2,18,19,20,21). The number of unbranched alkanes of at least 4 members (excludes halogenated alkanes) is 1. The van der Waals surface area contributed by atoms with Crippen LogP contribution in [0.1, 0.15) is 35.7 Å². The van der Waals surface area contributed by atoms with Gasteiger partial charge in [0.05, 0.1) is 22.8 Å². The molecule has 0 amide bonds. The molecule has 2 aromatic heterocycles. The van der Waals surface area contributed by atoms with Crippen molar-refractivity contribution < 1.29 is 4.79 Å². The smallest absolute Gasteiger partial charge is 0.196 e. The molecule has 3 aromatic rings. The highest BCUT2D eigenvalue weighted by molar-refractivity contribution is 6.15. The molecule has 2 N–H and O–H groups in total. The van der Waals surface area contributed by atoms with E-state index in [0.717, 1.165) is 30.5 Å². The first-order chi connectivity index (χ1) is 10.8. The van der Waals surface area contributed by atoms with Gasteiger partial charge >= 0.3 is 0 Å². The van der Waals surface area contributed by atoms with Crippen molar-refractivity contribution in [1.82, 2.24) is 15.2 Å². The van der Waals surface area contributed by atoms with Crippen LogP contribution in [-0.4, -0.2) is 27.5 Å². The molecule has 2 heterocycles. The zero-order valence-corrected chi connectivity index (χ0v) is 12.5. The highest BCUT2D eigenvalue weighted by Crippen LogP contribution is 2.26. The zero-order valence-electron chi connectivity index (χ0n) is 12.5. The van der Waals surface area contributed by atoms with Crippen LogP contribution in [0.25, 0.3) is 11.0 Å². The van der Waals surface area contributed by atoms with Gasteiger partial charge in [-0.1, -0.05) is 43.7 Å². The third-order valence-corrected chi connectivity index (χ3v) is 3.59. The number of carbonyl (C=O) groups excluding carboxylic acids is 1. The summed E-state index contributed by atoms with van der Waals surface area (Å²) in [5.41, 5.74) is 2.73. The molecule has 0 bridgehead atoms. The fourth-order valence-corrected chi connectivity index (χ4v) is 2.40. The molecule has 0 saturated carbocycles. The number of aromatic nitrogens is 3. The predicted octanol–water partition coefficient (Wildman–Crippen LogP) is 3.40. The number of pyridine rings is 1. The molecule has 0 fully saturated rings. The van der Waals surface area contributed by atoms with Gasteiger partial charge in [-0.3, -0.25) is 9.89 Å². The maximum absolute atomic E-state index is 12.8. The van der Waals surface area contributed by atoms with Gasteiger partial charge in [-0.05, 0) is 6.42 Å². The van der Waals surface area contributed by atoms with E-state index in [4.69, 9.17) is 0 Å². The van der Waals surface area contributed by atoms with Crippen LogP contribution < -0.4 is 5.32 Å². The molecule has 0 aliphatic carbocycles. The number of ketones is 1. The number of nitrogens with zero attached hydrogens (tertiary/aromatic N) is 2. The molecule has 5 heteroatoms. The topological polar surface area (TPSA) is 70.7 Å². The lowest BCUT2D eigenvalue weighted by Gasteiger charge is -2.12. The summed E-state index contributed by atoms with van der Waals surface area (Å²) >= 11 is 0. The van der Waals surface area contributed by atoms with E-state index in [0.29, 0.717) is 16.8 Å². The van der Waals surface area contributed by atoms with Crippen molar-refractivity contribution in [1.29, 1.82) is 0 Å². The Balaban J connectivity index is 2.04. The third kappa shape index (κ3) is 2.70. The monoisotopic (exact) mass is 294 g/mol. The van der Waals surface area contributed by atoms with E-state index in [-0.39, 0.29) is 5.78 Å². The Kier molecular flexibility index (Phi) is 4.14. The minimum atomic E-state index is -0.0322. The number of fused-ring (bicyclic) bond motifs is 1. The van der Waals surface area contributed by atoms with E-state index >= 15 is 0 Å². The number of hydrogen-bond acceptors (Lipinski definition) is 4. The SMILES string of the molecule is CCCCNc1c(C(=O)c2ccccc2)cnc2[nH]ncc12. The molecule has 0 spiro atoms. The minimum Gasteiger partial charge on any atom is -0.384 e. The third-order valence-electron chi connectivity index (χ3n) is 3.59. The molecule has 0 atom stereocenters. The highest BCUT2D eigenvalue weighted by atomic mass is 16.1. The van der Waals surface area contributed by atoms with Gasteiger partial charge in [0.2, 0.25) is 0 Å². The van der Waals surface area contributed by atoms with Gasteiger partial charge in [0, 0.05) is 18.3 Å². The van der Waals surface area contributed by atoms with Gasteiger partial charge in [0.25, 0.3) is 0 Å². The van der Waals surface area contributed by atoms with Crippen molar-refractivity contribution in [2.75, 3.05) is 11.9 Å². The van der Waals surface area contributed by atoms with E-state index < -0.39 is 0 Å². The highest BCUT2D eigenvalue weighted by Gasteiger charge is 2.17. The molecular formula is C17H18N4O. The Bertz CT molecular complexity index is 780. The number of anilines is 1. The number of H-pyrrole nitrogens is 1. The van der Waals surface area contributed by atoms with Crippen LogP contribution in [0.2, 0.25) is 0 Å². The second kappa shape index (κ2) is 6.39. The summed E-state index contributed by atoms with van der Waals surface area (Å²) in [6.07, 6.45) is 5.46. The Labute approximate surface area is 128 Å². The van der Waals surface area contributed by atoms with Crippen LogP contribution >= 0.6 is 0 Å². The number of hydrogen-bond donors (Lipinski definition) is 2. The first-order valence-electron chi connectivity index (χ1n) is 7.47. The van der Waals surface area contributed by atoms with Gasteiger partial charge in [-0.25, -0.2) is 4.98 Å². The lowest BCUT2D eigenvalue weighted by atomic mass is 10.0. The summed E-state index contributed by atoms with van der Waals surface area (Å²) in [6, 6.07) is 9.26. The van der Waals surface area contributed by atoms with E-state index in [2.05, 4.69) is 27.4 Å². The quantitative estimate of drug-likeness (QED) is 0.540. The molecule has 0 aliphatic heterocycles. The van der Waals surface area contributed by atoms with Gasteiger partial charge < -0.3 is 5.32 Å². The van der Waals surface area contributed by atoms with Crippen LogP contribution in [0.5, 0.6) is 0 Å². The van der Waals surface area contributed by atoms with Crippen LogP contribution in [0.15, 0.2) is 42.7 Å². The van der Waals surface area contributed by atoms with Crippen molar-refractivity contribution in [2.24, 2.45) is 0 Å². The Morgan fingerprint density at radius 3 is 2.82 bits per heavy atom. The summed E-state index contributed by atoms with van der Waals surface area (Å²) < 4.78 is 0. The van der Waals surface area contributed by atoms with E-state index in [1.807, 2.05) is 30.3 Å². The molecular weight excluding hydrogens is 276 g/mol. The van der Waals surface area contributed by atoms with Gasteiger partial charge in [0.1, 0.15) is 0 Å². The van der Waals surface area contributed by atoms with E-state index in [1.165, 1.54) is 0 Å². The maximum atomic E-state index is 12.8. The van der Waals surface area contributed by atoms with Gasteiger partial charge in [-0.15, -0.1) is 0 Å². The Hall–Kier alpha value is -2.69. The van der Waals surface area contributed by atoms with Crippen molar-refractivity contribution in [3.8, 4) is 0 Å². The first kappa shape index (κ1) is 14.3. The van der Waals surface area contributed by atoms with E-state index in [1.54, 1.807) is 12.4 Å². The van der Waals surface area contributed by atoms with Crippen molar-refractivity contribution in [2.45, 2.75) is 19.8 Å². The summed E-state index contributed by atoms with van der Waals surface area (Å²) in [5.74, 6) is -0.0322. The zero-order chi connectivity index (χ0) is 15.4. The Morgan fingerprint density at radius 2 is 2.05 bits per heavy atom. The largest absolute Gasteiger partial charge is 0.384 e. The van der Waals surface area contributed by atoms with Gasteiger partial charge in [0.15, 0.2) is 11.4 Å². The number of aromatic amines is 1. The number of nitrogens with one attached hydrogen (secondary N) is 2. The fourth-order valence-electron chi connectivity index (χ4n) is 2.40. The molecule has 0 saturated heterocycles. The molecule has 112 valence electrons. The molecule has 1 aromatic carbocycles. The van der Waals surface area contributed by atoms with E-state index in [9.17, 15) is 4.79 Å². The van der Waals surface area contributed by atoms with Crippen molar-refractivity contribution in [3.63, 3.8) is 0 Å². The van der Waals surface area contributed by atoms with Crippen molar-refractivity contribution >= 4 is 22.5 Å². The van der Waals surface area contributed by atoms with Crippen molar-refractivity contribution in [3.05, 3.63) is 53.9 Å². The summed E-state index contributed by atoms with van der Waals surface area (Å²) in [6.45, 7) is 2.95. The van der Waals surface area contributed by atoms with Crippen LogP contribution in [0.4, 0.5) is 5.69 Å². The predicted molar refractivity (Wildman–Crippen MR) is 87.2 cm³/mol. The summed E-state index contributed by atoms with van der Waals surface area (Å²) in [7, 11) is 0. The molecule has 22 heavy (non-hydrogen) atoms. The molecule has 0 unspecified atom stereocenters. The lowest BCUT2D eigenvalue weighted by Crippen LogP contribution is -2.10. The molecule has 5 nitrogen and oxygen atoms in total. The molecule has 0 radical (unpaired) electrons. The second-order valence-corrected chi connectivity index (χ2v) is 5.15. The number of benzene rings is 1. The molecule has 3 rings (SSSR count). The fraction of sp³-hybridized carbons (Fsp3) is 0.235. The summed E-state index contributed by atoms with van der Waals surface area (Å²) in [4.78, 5) is 17.1. The average molecular weight is 294 g/mol. The normalized spacial score (nSPS) is 10.8. The van der Waals surface area contributed by atoms with Gasteiger partial charge in [-0.2, -0.15) is 5.10 Å². The molecule has 0 aliphatic rings. The van der Waals surface area contributed by atoms with Crippen LogP contribution in [0, 0.1) is 0 Å². The number of carbonyl (C=O) groups is 1. The summed E-state index contributed by atoms with van der Waals surface area (Å²) in [5, 5.41) is 11.1. The second-order valence-electron chi connectivity index (χ2n) is 5.15. The van der Waals surface area contributed by atoms with Crippen LogP contribution in [-0.2, 0) is 0 Å². The Morgan fingerprint density at radius 1 is 1.23 bits per heavy atom.